The summed E-state index contributed by atoms with van der Waals surface area (Å²) >= 11 is 1.37. The molecule has 5 rings (SSSR count). The molecule has 4 aromatic rings. The molecule has 42 heavy (non-hydrogen) atoms. The molecule has 14 heteroatoms. The lowest BCUT2D eigenvalue weighted by Crippen LogP contribution is -2.34. The van der Waals surface area contributed by atoms with Gasteiger partial charge in [0.1, 0.15) is 16.6 Å². The summed E-state index contributed by atoms with van der Waals surface area (Å²) in [6.45, 7) is 1.52. The summed E-state index contributed by atoms with van der Waals surface area (Å²) in [6, 6.07) is 12.4. The Hall–Kier alpha value is -4.59. The molecule has 1 fully saturated rings. The van der Waals surface area contributed by atoms with Gasteiger partial charge in [0.2, 0.25) is 16.9 Å². The molecule has 1 atom stereocenters. The van der Waals surface area contributed by atoms with Gasteiger partial charge in [-0.05, 0) is 54.3 Å². The van der Waals surface area contributed by atoms with Crippen LogP contribution in [0.2, 0.25) is 0 Å². The number of nitrogens with one attached hydrogen (secondary N) is 2. The fraction of sp³-hybridized carbons (Fsp3) is 0.286. The molecule has 3 aromatic heterocycles. The van der Waals surface area contributed by atoms with E-state index in [-0.39, 0.29) is 30.4 Å². The van der Waals surface area contributed by atoms with Crippen LogP contribution in [0.4, 0.5) is 29.8 Å². The minimum absolute atomic E-state index is 0.136. The lowest BCUT2D eigenvalue weighted by atomic mass is 9.98. The first-order valence-electron chi connectivity index (χ1n) is 13.1. The SMILES string of the molecule is O=C(Cc1cccc(OC(F)(F)F)c1)Nc1ccc(N2CCC[C@H](c3nnc(NC(=O)Cc4cccnc4)s3)C2)cn1. The molecule has 2 amide bonds. The summed E-state index contributed by atoms with van der Waals surface area (Å²) in [7, 11) is 0. The number of nitrogens with zero attached hydrogens (tertiary/aromatic N) is 5. The van der Waals surface area contributed by atoms with Crippen LogP contribution in [-0.2, 0) is 22.4 Å². The second-order valence-electron chi connectivity index (χ2n) is 9.64. The first kappa shape index (κ1) is 28.9. The average Bonchev–Trinajstić information content (AvgIpc) is 3.41. The average molecular weight is 598 g/mol. The summed E-state index contributed by atoms with van der Waals surface area (Å²) in [5, 5.41) is 15.3. The van der Waals surface area contributed by atoms with Crippen molar-refractivity contribution in [3.05, 3.63) is 83.3 Å². The molecule has 1 aliphatic heterocycles. The highest BCUT2D eigenvalue weighted by Crippen LogP contribution is 2.33. The zero-order valence-electron chi connectivity index (χ0n) is 22.2. The van der Waals surface area contributed by atoms with Crippen molar-refractivity contribution in [2.45, 2.75) is 38.0 Å². The lowest BCUT2D eigenvalue weighted by Gasteiger charge is -2.33. The number of amides is 2. The molecule has 0 spiro atoms. The lowest BCUT2D eigenvalue weighted by molar-refractivity contribution is -0.274. The highest BCUT2D eigenvalue weighted by Gasteiger charge is 2.31. The number of halogens is 3. The Labute approximate surface area is 243 Å². The van der Waals surface area contributed by atoms with Crippen LogP contribution in [0, 0.1) is 0 Å². The Morgan fingerprint density at radius 2 is 1.81 bits per heavy atom. The number of carbonyl (C=O) groups excluding carboxylic acids is 2. The molecule has 10 nitrogen and oxygen atoms in total. The third-order valence-electron chi connectivity index (χ3n) is 6.42. The van der Waals surface area contributed by atoms with Crippen molar-refractivity contribution in [2.24, 2.45) is 0 Å². The van der Waals surface area contributed by atoms with Crippen LogP contribution in [-0.4, -0.2) is 51.4 Å². The van der Waals surface area contributed by atoms with Crippen LogP contribution in [0.25, 0.3) is 0 Å². The Balaban J connectivity index is 1.13. The molecule has 1 saturated heterocycles. The normalized spacial score (nSPS) is 15.2. The van der Waals surface area contributed by atoms with Crippen LogP contribution in [0.1, 0.15) is 34.9 Å². The van der Waals surface area contributed by atoms with Crippen molar-refractivity contribution in [1.82, 2.24) is 20.2 Å². The number of pyridine rings is 2. The Bertz CT molecular complexity index is 1520. The fourth-order valence-electron chi connectivity index (χ4n) is 4.59. The smallest absolute Gasteiger partial charge is 0.406 e. The van der Waals surface area contributed by atoms with Gasteiger partial charge < -0.3 is 20.3 Å². The Morgan fingerprint density at radius 1 is 1.00 bits per heavy atom. The molecule has 218 valence electrons. The van der Waals surface area contributed by atoms with E-state index >= 15 is 0 Å². The molecule has 0 radical (unpaired) electrons. The maximum Gasteiger partial charge on any atom is 0.573 e. The van der Waals surface area contributed by atoms with Crippen molar-refractivity contribution in [3.63, 3.8) is 0 Å². The zero-order chi connectivity index (χ0) is 29.5. The van der Waals surface area contributed by atoms with E-state index in [1.54, 1.807) is 36.8 Å². The number of anilines is 3. The summed E-state index contributed by atoms with van der Waals surface area (Å²) in [5.41, 5.74) is 2.06. The fourth-order valence-corrected chi connectivity index (χ4v) is 5.47. The van der Waals surface area contributed by atoms with Crippen LogP contribution in [0.5, 0.6) is 5.75 Å². The summed E-state index contributed by atoms with van der Waals surface area (Å²) < 4.78 is 41.3. The van der Waals surface area contributed by atoms with E-state index in [2.05, 4.69) is 40.4 Å². The van der Waals surface area contributed by atoms with Crippen molar-refractivity contribution in [3.8, 4) is 5.75 Å². The maximum absolute atomic E-state index is 12.5. The van der Waals surface area contributed by atoms with Gasteiger partial charge in [-0.25, -0.2) is 4.98 Å². The van der Waals surface area contributed by atoms with Crippen LogP contribution in [0.15, 0.2) is 67.1 Å². The van der Waals surface area contributed by atoms with Gasteiger partial charge in [0.05, 0.1) is 24.7 Å². The molecule has 1 aromatic carbocycles. The monoisotopic (exact) mass is 597 g/mol. The van der Waals surface area contributed by atoms with E-state index < -0.39 is 12.3 Å². The molecule has 0 unspecified atom stereocenters. The van der Waals surface area contributed by atoms with Gasteiger partial charge in [-0.15, -0.1) is 23.4 Å². The van der Waals surface area contributed by atoms with Crippen LogP contribution >= 0.6 is 11.3 Å². The predicted octanol–water partition coefficient (Wildman–Crippen LogP) is 4.97. The highest BCUT2D eigenvalue weighted by molar-refractivity contribution is 7.15. The third kappa shape index (κ3) is 8.22. The van der Waals surface area contributed by atoms with E-state index in [0.29, 0.717) is 23.1 Å². The van der Waals surface area contributed by atoms with Gasteiger partial charge in [0, 0.05) is 31.4 Å². The molecule has 0 aliphatic carbocycles. The van der Waals surface area contributed by atoms with Crippen LogP contribution < -0.4 is 20.3 Å². The molecular formula is C28H26F3N7O3S. The topological polar surface area (TPSA) is 122 Å². The van der Waals surface area contributed by atoms with E-state index in [1.807, 2.05) is 12.1 Å². The first-order valence-corrected chi connectivity index (χ1v) is 13.9. The molecule has 1 aliphatic rings. The minimum atomic E-state index is -4.81. The second-order valence-corrected chi connectivity index (χ2v) is 10.6. The molecule has 0 saturated carbocycles. The summed E-state index contributed by atoms with van der Waals surface area (Å²) in [6.07, 6.45) is 2.10. The van der Waals surface area contributed by atoms with E-state index in [1.165, 1.54) is 29.5 Å². The Morgan fingerprint density at radius 3 is 2.57 bits per heavy atom. The van der Waals surface area contributed by atoms with Crippen molar-refractivity contribution in [1.29, 1.82) is 0 Å². The number of piperidine rings is 1. The first-order chi connectivity index (χ1) is 20.2. The largest absolute Gasteiger partial charge is 0.573 e. The molecule has 2 N–H and O–H groups in total. The molecular weight excluding hydrogens is 571 g/mol. The zero-order valence-corrected chi connectivity index (χ0v) is 23.0. The van der Waals surface area contributed by atoms with Crippen LogP contribution in [0.3, 0.4) is 0 Å². The minimum Gasteiger partial charge on any atom is -0.406 e. The van der Waals surface area contributed by atoms with Gasteiger partial charge in [0.15, 0.2) is 0 Å². The highest BCUT2D eigenvalue weighted by atomic mass is 32.1. The van der Waals surface area contributed by atoms with Gasteiger partial charge >= 0.3 is 6.36 Å². The quantitative estimate of drug-likeness (QED) is 0.277. The van der Waals surface area contributed by atoms with E-state index in [0.717, 1.165) is 35.6 Å². The standard InChI is InChI=1S/C28H26F3N7O3S/c29-28(30,31)41-22-7-1-4-18(12-22)13-24(39)34-23-9-8-21(16-33-23)38-11-3-6-20(17-38)26-36-37-27(42-26)35-25(40)14-19-5-2-10-32-15-19/h1-2,4-5,7-10,12,15-16,20H,3,6,11,13-14,17H2,(H,33,34,39)(H,35,37,40)/t20-/m0/s1. The van der Waals surface area contributed by atoms with Crippen molar-refractivity contribution in [2.75, 3.05) is 28.6 Å². The maximum atomic E-state index is 12.5. The van der Waals surface area contributed by atoms with Gasteiger partial charge in [0.25, 0.3) is 0 Å². The number of carbonyl (C=O) groups is 2. The number of alkyl halides is 3. The predicted molar refractivity (Wildman–Crippen MR) is 150 cm³/mol. The second kappa shape index (κ2) is 12.9. The van der Waals surface area contributed by atoms with Gasteiger partial charge in [-0.1, -0.05) is 29.5 Å². The van der Waals surface area contributed by atoms with Gasteiger partial charge in [-0.3, -0.25) is 14.6 Å². The molecule has 0 bridgehead atoms. The van der Waals surface area contributed by atoms with E-state index in [9.17, 15) is 22.8 Å². The Kier molecular flexibility index (Phi) is 8.91. The van der Waals surface area contributed by atoms with E-state index in [4.69, 9.17) is 0 Å². The molecule has 4 heterocycles. The summed E-state index contributed by atoms with van der Waals surface area (Å²) in [5.74, 6) is -0.520. The summed E-state index contributed by atoms with van der Waals surface area (Å²) in [4.78, 5) is 35.4. The number of benzene rings is 1. The number of hydrogen-bond acceptors (Lipinski definition) is 9. The van der Waals surface area contributed by atoms with Crippen molar-refractivity contribution < 1.29 is 27.5 Å². The number of rotatable bonds is 9. The van der Waals surface area contributed by atoms with Gasteiger partial charge in [-0.2, -0.15) is 0 Å². The number of hydrogen-bond donors (Lipinski definition) is 2. The number of ether oxygens (including phenoxy) is 1. The third-order valence-corrected chi connectivity index (χ3v) is 7.42. The van der Waals surface area contributed by atoms with Crippen molar-refractivity contribution >= 4 is 39.8 Å². The number of aromatic nitrogens is 4.